The second kappa shape index (κ2) is 5.48. The molecule has 0 atom stereocenters. The first kappa shape index (κ1) is 12.3. The molecule has 20 heavy (non-hydrogen) atoms. The molecule has 100 valence electrons. The molecule has 3 N–H and O–H groups in total. The van der Waals surface area contributed by atoms with Crippen LogP contribution in [-0.4, -0.2) is 9.78 Å². The van der Waals surface area contributed by atoms with Crippen molar-refractivity contribution in [2.75, 3.05) is 11.1 Å². The minimum atomic E-state index is 0.716. The van der Waals surface area contributed by atoms with Gasteiger partial charge in [0.25, 0.3) is 0 Å². The molecule has 2 aromatic carbocycles. The Hall–Kier alpha value is -2.75. The fourth-order valence-electron chi connectivity index (χ4n) is 2.05. The van der Waals surface area contributed by atoms with E-state index in [9.17, 15) is 0 Å². The van der Waals surface area contributed by atoms with Crippen molar-refractivity contribution < 1.29 is 0 Å². The number of rotatable bonds is 4. The molecule has 0 unspecified atom stereocenters. The topological polar surface area (TPSA) is 55.9 Å². The molecule has 4 heteroatoms. The molecule has 0 aliphatic heterocycles. The summed E-state index contributed by atoms with van der Waals surface area (Å²) in [6.07, 6.45) is 3.69. The lowest BCUT2D eigenvalue weighted by Gasteiger charge is -2.09. The highest BCUT2D eigenvalue weighted by Crippen LogP contribution is 2.16. The molecular formula is C16H16N4. The lowest BCUT2D eigenvalue weighted by atomic mass is 10.2. The summed E-state index contributed by atoms with van der Waals surface area (Å²) in [5, 5.41) is 7.57. The first-order valence-electron chi connectivity index (χ1n) is 6.50. The average Bonchev–Trinajstić information content (AvgIpc) is 3.01. The molecule has 0 fully saturated rings. The molecule has 3 rings (SSSR count). The second-order valence-electron chi connectivity index (χ2n) is 4.55. The van der Waals surface area contributed by atoms with Gasteiger partial charge in [0, 0.05) is 30.3 Å². The summed E-state index contributed by atoms with van der Waals surface area (Å²) in [7, 11) is 0. The van der Waals surface area contributed by atoms with Gasteiger partial charge >= 0.3 is 0 Å². The monoisotopic (exact) mass is 264 g/mol. The molecule has 0 amide bonds. The van der Waals surface area contributed by atoms with E-state index in [1.54, 1.807) is 6.20 Å². The summed E-state index contributed by atoms with van der Waals surface area (Å²) >= 11 is 0. The zero-order valence-corrected chi connectivity index (χ0v) is 11.0. The van der Waals surface area contributed by atoms with Crippen LogP contribution < -0.4 is 11.1 Å². The van der Waals surface area contributed by atoms with E-state index in [4.69, 9.17) is 5.73 Å². The number of benzene rings is 2. The van der Waals surface area contributed by atoms with Gasteiger partial charge in [-0.3, -0.25) is 0 Å². The van der Waals surface area contributed by atoms with Gasteiger partial charge in [-0.05, 0) is 42.0 Å². The number of nitrogens with two attached hydrogens (primary N) is 1. The van der Waals surface area contributed by atoms with Gasteiger partial charge in [0.15, 0.2) is 0 Å². The number of nitrogens with zero attached hydrogens (tertiary/aromatic N) is 2. The molecule has 0 saturated carbocycles. The van der Waals surface area contributed by atoms with E-state index in [0.717, 1.165) is 22.6 Å². The number of anilines is 2. The molecule has 0 spiro atoms. The summed E-state index contributed by atoms with van der Waals surface area (Å²) in [6, 6.07) is 17.9. The third-order valence-corrected chi connectivity index (χ3v) is 3.17. The Morgan fingerprint density at radius 1 is 1.00 bits per heavy atom. The fraction of sp³-hybridized carbons (Fsp3) is 0.0625. The van der Waals surface area contributed by atoms with E-state index in [0.29, 0.717) is 6.54 Å². The van der Waals surface area contributed by atoms with Gasteiger partial charge in [0.2, 0.25) is 0 Å². The zero-order chi connectivity index (χ0) is 13.8. The smallest absolute Gasteiger partial charge is 0.0647 e. The Morgan fingerprint density at radius 2 is 1.80 bits per heavy atom. The van der Waals surface area contributed by atoms with Crippen molar-refractivity contribution in [1.29, 1.82) is 0 Å². The van der Waals surface area contributed by atoms with Crippen molar-refractivity contribution in [3.63, 3.8) is 0 Å². The van der Waals surface area contributed by atoms with Gasteiger partial charge in [-0.1, -0.05) is 18.2 Å². The summed E-state index contributed by atoms with van der Waals surface area (Å²) in [5.41, 5.74) is 9.94. The quantitative estimate of drug-likeness (QED) is 0.712. The minimum Gasteiger partial charge on any atom is -0.398 e. The van der Waals surface area contributed by atoms with E-state index < -0.39 is 0 Å². The van der Waals surface area contributed by atoms with E-state index in [2.05, 4.69) is 10.4 Å². The Balaban J connectivity index is 1.68. The van der Waals surface area contributed by atoms with Crippen LogP contribution in [0.5, 0.6) is 0 Å². The predicted molar refractivity (Wildman–Crippen MR) is 81.7 cm³/mol. The van der Waals surface area contributed by atoms with Crippen molar-refractivity contribution in [3.8, 4) is 5.69 Å². The zero-order valence-electron chi connectivity index (χ0n) is 11.0. The molecule has 4 nitrogen and oxygen atoms in total. The number of hydrogen-bond donors (Lipinski definition) is 2. The standard InChI is InChI=1S/C16H16N4/c17-16-5-2-1-4-13(16)12-18-14-6-8-15(9-7-14)20-11-3-10-19-20/h1-11,18H,12,17H2. The maximum atomic E-state index is 5.92. The lowest BCUT2D eigenvalue weighted by Crippen LogP contribution is -2.03. The molecule has 3 aromatic rings. The molecule has 0 radical (unpaired) electrons. The number of nitrogens with one attached hydrogen (secondary N) is 1. The third kappa shape index (κ3) is 2.64. The number of aromatic nitrogens is 2. The third-order valence-electron chi connectivity index (χ3n) is 3.17. The van der Waals surface area contributed by atoms with Crippen LogP contribution in [0.15, 0.2) is 67.0 Å². The van der Waals surface area contributed by atoms with Crippen molar-refractivity contribution in [2.45, 2.75) is 6.54 Å². The van der Waals surface area contributed by atoms with Gasteiger partial charge in [-0.2, -0.15) is 5.10 Å². The fourth-order valence-corrected chi connectivity index (χ4v) is 2.05. The second-order valence-corrected chi connectivity index (χ2v) is 4.55. The van der Waals surface area contributed by atoms with E-state index >= 15 is 0 Å². The first-order valence-corrected chi connectivity index (χ1v) is 6.50. The van der Waals surface area contributed by atoms with Gasteiger partial charge in [-0.25, -0.2) is 4.68 Å². The molecule has 0 bridgehead atoms. The van der Waals surface area contributed by atoms with Crippen LogP contribution >= 0.6 is 0 Å². The van der Waals surface area contributed by atoms with Crippen LogP contribution in [0.2, 0.25) is 0 Å². The normalized spacial score (nSPS) is 10.4. The largest absolute Gasteiger partial charge is 0.398 e. The van der Waals surface area contributed by atoms with Crippen LogP contribution in [0.4, 0.5) is 11.4 Å². The van der Waals surface area contributed by atoms with Crippen molar-refractivity contribution in [3.05, 3.63) is 72.6 Å². The van der Waals surface area contributed by atoms with Crippen molar-refractivity contribution >= 4 is 11.4 Å². The van der Waals surface area contributed by atoms with Gasteiger partial charge in [-0.15, -0.1) is 0 Å². The Labute approximate surface area is 117 Å². The van der Waals surface area contributed by atoms with Gasteiger partial charge in [0.1, 0.15) is 0 Å². The summed E-state index contributed by atoms with van der Waals surface area (Å²) in [5.74, 6) is 0. The van der Waals surface area contributed by atoms with Crippen molar-refractivity contribution in [1.82, 2.24) is 9.78 Å². The lowest BCUT2D eigenvalue weighted by molar-refractivity contribution is 0.880. The van der Waals surface area contributed by atoms with Crippen LogP contribution in [0.1, 0.15) is 5.56 Å². The van der Waals surface area contributed by atoms with Crippen LogP contribution in [0, 0.1) is 0 Å². The first-order chi connectivity index (χ1) is 9.83. The summed E-state index contributed by atoms with van der Waals surface area (Å²) < 4.78 is 1.83. The molecule has 1 aromatic heterocycles. The van der Waals surface area contributed by atoms with E-state index in [1.807, 2.05) is 65.5 Å². The number of nitrogen functional groups attached to an aromatic ring is 1. The highest BCUT2D eigenvalue weighted by atomic mass is 15.3. The molecule has 1 heterocycles. The van der Waals surface area contributed by atoms with Gasteiger partial charge < -0.3 is 11.1 Å². The summed E-state index contributed by atoms with van der Waals surface area (Å²) in [6.45, 7) is 0.716. The maximum Gasteiger partial charge on any atom is 0.0647 e. The van der Waals surface area contributed by atoms with Gasteiger partial charge in [0.05, 0.1) is 5.69 Å². The van der Waals surface area contributed by atoms with E-state index in [-0.39, 0.29) is 0 Å². The Kier molecular flexibility index (Phi) is 3.37. The van der Waals surface area contributed by atoms with E-state index in [1.165, 1.54) is 0 Å². The Bertz CT molecular complexity index is 672. The molecule has 0 aliphatic carbocycles. The molecule has 0 saturated heterocycles. The average molecular weight is 264 g/mol. The predicted octanol–water partition coefficient (Wildman–Crippen LogP) is 3.07. The maximum absolute atomic E-state index is 5.92. The van der Waals surface area contributed by atoms with Crippen LogP contribution in [-0.2, 0) is 6.54 Å². The minimum absolute atomic E-state index is 0.716. The Morgan fingerprint density at radius 3 is 2.50 bits per heavy atom. The van der Waals surface area contributed by atoms with Crippen LogP contribution in [0.3, 0.4) is 0 Å². The SMILES string of the molecule is Nc1ccccc1CNc1ccc(-n2cccn2)cc1. The highest BCUT2D eigenvalue weighted by molar-refractivity contribution is 5.52. The molecular weight excluding hydrogens is 248 g/mol. The number of hydrogen-bond acceptors (Lipinski definition) is 3. The number of para-hydroxylation sites is 1. The molecule has 0 aliphatic rings. The van der Waals surface area contributed by atoms with Crippen molar-refractivity contribution in [2.24, 2.45) is 0 Å². The summed E-state index contributed by atoms with van der Waals surface area (Å²) in [4.78, 5) is 0. The highest BCUT2D eigenvalue weighted by Gasteiger charge is 1.99. The van der Waals surface area contributed by atoms with Crippen LogP contribution in [0.25, 0.3) is 5.69 Å².